The van der Waals surface area contributed by atoms with Gasteiger partial charge in [0.05, 0.1) is 31.1 Å². The SMILES string of the molecule is C#CC1CCC(O)(c2cc(N3CCOC[C@H]3C)nc(Nc3ccn[nH]3)c2C=N)C1. The molecule has 8 heteroatoms. The monoisotopic (exact) mass is 394 g/mol. The van der Waals surface area contributed by atoms with E-state index < -0.39 is 5.60 Å². The van der Waals surface area contributed by atoms with Crippen molar-refractivity contribution in [3.8, 4) is 12.3 Å². The van der Waals surface area contributed by atoms with Gasteiger partial charge in [-0.2, -0.15) is 5.10 Å². The molecule has 0 aromatic carbocycles. The smallest absolute Gasteiger partial charge is 0.143 e. The second-order valence-corrected chi connectivity index (χ2v) is 7.79. The van der Waals surface area contributed by atoms with E-state index in [1.54, 1.807) is 12.3 Å². The second kappa shape index (κ2) is 7.85. The first-order valence-corrected chi connectivity index (χ1v) is 9.89. The Labute approximate surface area is 170 Å². The van der Waals surface area contributed by atoms with E-state index in [2.05, 4.69) is 33.3 Å². The Balaban J connectivity index is 1.82. The molecule has 0 bridgehead atoms. The molecule has 8 nitrogen and oxygen atoms in total. The first-order valence-electron chi connectivity index (χ1n) is 9.89. The number of pyridine rings is 1. The van der Waals surface area contributed by atoms with Gasteiger partial charge in [0.15, 0.2) is 0 Å². The molecule has 1 aliphatic heterocycles. The van der Waals surface area contributed by atoms with Crippen molar-refractivity contribution in [2.24, 2.45) is 5.92 Å². The van der Waals surface area contributed by atoms with Crippen LogP contribution in [0.4, 0.5) is 17.5 Å². The molecule has 0 amide bonds. The average molecular weight is 394 g/mol. The molecule has 1 saturated carbocycles. The van der Waals surface area contributed by atoms with E-state index in [0.717, 1.165) is 12.2 Å². The zero-order valence-electron chi connectivity index (χ0n) is 16.5. The van der Waals surface area contributed by atoms with Gasteiger partial charge in [-0.15, -0.1) is 12.3 Å². The number of H-pyrrole nitrogens is 1. The molecule has 4 rings (SSSR count). The topological polar surface area (TPSA) is 110 Å². The lowest BCUT2D eigenvalue weighted by molar-refractivity contribution is 0.0420. The van der Waals surface area contributed by atoms with Crippen molar-refractivity contribution in [3.63, 3.8) is 0 Å². The summed E-state index contributed by atoms with van der Waals surface area (Å²) >= 11 is 0. The third kappa shape index (κ3) is 3.71. The van der Waals surface area contributed by atoms with Gasteiger partial charge >= 0.3 is 0 Å². The average Bonchev–Trinajstić information content (AvgIpc) is 3.38. The molecule has 0 spiro atoms. The van der Waals surface area contributed by atoms with Crippen molar-refractivity contribution in [2.75, 3.05) is 30.0 Å². The number of nitrogens with one attached hydrogen (secondary N) is 3. The van der Waals surface area contributed by atoms with Crippen LogP contribution in [0.3, 0.4) is 0 Å². The molecule has 1 aliphatic carbocycles. The number of morpholine rings is 1. The summed E-state index contributed by atoms with van der Waals surface area (Å²) in [7, 11) is 0. The summed E-state index contributed by atoms with van der Waals surface area (Å²) in [5, 5.41) is 29.6. The van der Waals surface area contributed by atoms with Crippen molar-refractivity contribution < 1.29 is 9.84 Å². The van der Waals surface area contributed by atoms with Crippen LogP contribution in [0.15, 0.2) is 18.3 Å². The number of nitrogens with zero attached hydrogens (tertiary/aromatic N) is 3. The molecule has 2 aliphatic rings. The lowest BCUT2D eigenvalue weighted by Crippen LogP contribution is -2.44. The molecular weight excluding hydrogens is 368 g/mol. The summed E-state index contributed by atoms with van der Waals surface area (Å²) in [6.07, 6.45) is 10.3. The Morgan fingerprint density at radius 3 is 3.07 bits per heavy atom. The first kappa shape index (κ1) is 19.4. The molecule has 1 saturated heterocycles. The zero-order chi connectivity index (χ0) is 20.4. The number of ether oxygens (including phenoxy) is 1. The third-order valence-electron chi connectivity index (χ3n) is 5.83. The minimum atomic E-state index is -1.08. The molecule has 3 heterocycles. The Kier molecular flexibility index (Phi) is 5.26. The second-order valence-electron chi connectivity index (χ2n) is 7.79. The summed E-state index contributed by atoms with van der Waals surface area (Å²) in [6, 6.07) is 3.86. The van der Waals surface area contributed by atoms with Crippen LogP contribution < -0.4 is 10.2 Å². The number of terminal acetylenes is 1. The van der Waals surface area contributed by atoms with Gasteiger partial charge in [0.25, 0.3) is 0 Å². The summed E-state index contributed by atoms with van der Waals surface area (Å²) in [6.45, 7) is 4.05. The quantitative estimate of drug-likeness (QED) is 0.458. The molecular formula is C21H26N6O2. The fraction of sp³-hybridized carbons (Fsp3) is 0.476. The highest BCUT2D eigenvalue weighted by atomic mass is 16.5. The van der Waals surface area contributed by atoms with Crippen molar-refractivity contribution in [1.29, 1.82) is 5.41 Å². The predicted octanol–water partition coefficient (Wildman–Crippen LogP) is 2.39. The van der Waals surface area contributed by atoms with Crippen LogP contribution in [0, 0.1) is 23.7 Å². The van der Waals surface area contributed by atoms with Gasteiger partial charge in [0.1, 0.15) is 17.5 Å². The fourth-order valence-electron chi connectivity index (χ4n) is 4.25. The highest BCUT2D eigenvalue weighted by Crippen LogP contribution is 2.45. The lowest BCUT2D eigenvalue weighted by atomic mass is 9.88. The third-order valence-corrected chi connectivity index (χ3v) is 5.83. The lowest BCUT2D eigenvalue weighted by Gasteiger charge is -2.36. The molecule has 2 aromatic heterocycles. The van der Waals surface area contributed by atoms with Gasteiger partial charge < -0.3 is 25.5 Å². The molecule has 29 heavy (non-hydrogen) atoms. The van der Waals surface area contributed by atoms with E-state index in [0.29, 0.717) is 55.4 Å². The Hall–Kier alpha value is -2.89. The van der Waals surface area contributed by atoms with E-state index in [9.17, 15) is 5.11 Å². The van der Waals surface area contributed by atoms with E-state index in [1.807, 2.05) is 6.07 Å². The largest absolute Gasteiger partial charge is 0.385 e. The van der Waals surface area contributed by atoms with Crippen LogP contribution in [-0.4, -0.2) is 52.3 Å². The van der Waals surface area contributed by atoms with E-state index in [1.165, 1.54) is 6.21 Å². The maximum atomic E-state index is 11.5. The minimum Gasteiger partial charge on any atom is -0.385 e. The molecule has 152 valence electrons. The van der Waals surface area contributed by atoms with Crippen molar-refractivity contribution in [1.82, 2.24) is 15.2 Å². The molecule has 4 N–H and O–H groups in total. The first-order chi connectivity index (χ1) is 14.0. The van der Waals surface area contributed by atoms with Crippen molar-refractivity contribution >= 4 is 23.7 Å². The van der Waals surface area contributed by atoms with Crippen LogP contribution in [0.1, 0.15) is 37.3 Å². The van der Waals surface area contributed by atoms with Crippen molar-refractivity contribution in [2.45, 2.75) is 37.8 Å². The standard InChI is InChI=1S/C21H26N6O2/c1-3-15-4-6-21(28,11-15)17-10-19(27-8-9-29-13-14(27)2)25-20(16(17)12-22)24-18-5-7-23-26-18/h1,5,7,10,12,14-15,22,28H,4,6,8-9,11,13H2,2H3,(H2,23,24,25,26)/t14-,15?,21?/m1/s1. The molecule has 2 aromatic rings. The predicted molar refractivity (Wildman–Crippen MR) is 112 cm³/mol. The van der Waals surface area contributed by atoms with Gasteiger partial charge in [0.2, 0.25) is 0 Å². The van der Waals surface area contributed by atoms with Crippen LogP contribution in [-0.2, 0) is 10.3 Å². The highest BCUT2D eigenvalue weighted by Gasteiger charge is 2.41. The van der Waals surface area contributed by atoms with Gasteiger partial charge in [-0.1, -0.05) is 0 Å². The number of rotatable bonds is 5. The van der Waals surface area contributed by atoms with E-state index in [4.69, 9.17) is 21.6 Å². The van der Waals surface area contributed by atoms with Crippen LogP contribution in [0.2, 0.25) is 0 Å². The van der Waals surface area contributed by atoms with Gasteiger partial charge in [0, 0.05) is 30.3 Å². The molecule has 2 fully saturated rings. The van der Waals surface area contributed by atoms with Crippen molar-refractivity contribution in [3.05, 3.63) is 29.5 Å². The maximum absolute atomic E-state index is 11.5. The number of hydrogen-bond donors (Lipinski definition) is 4. The summed E-state index contributed by atoms with van der Waals surface area (Å²) < 4.78 is 5.57. The minimum absolute atomic E-state index is 0.0292. The number of hydrogen-bond acceptors (Lipinski definition) is 7. The number of anilines is 3. The highest BCUT2D eigenvalue weighted by molar-refractivity contribution is 5.89. The summed E-state index contributed by atoms with van der Waals surface area (Å²) in [5.41, 5.74) is 0.169. The van der Waals surface area contributed by atoms with Gasteiger partial charge in [-0.3, -0.25) is 5.10 Å². The summed E-state index contributed by atoms with van der Waals surface area (Å²) in [4.78, 5) is 6.98. The maximum Gasteiger partial charge on any atom is 0.143 e. The number of aromatic nitrogens is 3. The number of aromatic amines is 1. The van der Waals surface area contributed by atoms with Crippen LogP contribution >= 0.6 is 0 Å². The molecule has 0 radical (unpaired) electrons. The van der Waals surface area contributed by atoms with E-state index in [-0.39, 0.29) is 12.0 Å². The Bertz CT molecular complexity index is 922. The molecule has 3 atom stereocenters. The van der Waals surface area contributed by atoms with Gasteiger partial charge in [-0.25, -0.2) is 4.98 Å². The van der Waals surface area contributed by atoms with Gasteiger partial charge in [-0.05, 0) is 37.8 Å². The normalized spacial score (nSPS) is 26.9. The number of aliphatic hydroxyl groups is 1. The van der Waals surface area contributed by atoms with Crippen LogP contribution in [0.5, 0.6) is 0 Å². The Morgan fingerprint density at radius 1 is 1.55 bits per heavy atom. The molecule has 2 unspecified atom stereocenters. The van der Waals surface area contributed by atoms with Crippen LogP contribution in [0.25, 0.3) is 0 Å². The Morgan fingerprint density at radius 2 is 2.41 bits per heavy atom. The fourth-order valence-corrected chi connectivity index (χ4v) is 4.25. The summed E-state index contributed by atoms with van der Waals surface area (Å²) in [5.74, 6) is 4.73. The zero-order valence-corrected chi connectivity index (χ0v) is 16.5. The van der Waals surface area contributed by atoms with E-state index >= 15 is 0 Å².